The Bertz CT molecular complexity index is 418. The van der Waals surface area contributed by atoms with E-state index in [1.807, 2.05) is 6.92 Å². The lowest BCUT2D eigenvalue weighted by Gasteiger charge is -2.29. The van der Waals surface area contributed by atoms with Gasteiger partial charge in [0, 0.05) is 25.7 Å². The van der Waals surface area contributed by atoms with E-state index in [-0.39, 0.29) is 11.9 Å². The van der Waals surface area contributed by atoms with Gasteiger partial charge < -0.3 is 4.90 Å². The van der Waals surface area contributed by atoms with Crippen molar-refractivity contribution in [3.05, 3.63) is 0 Å². The van der Waals surface area contributed by atoms with E-state index in [0.717, 1.165) is 19.3 Å². The molecule has 1 rings (SSSR count). The molecule has 20 heavy (non-hydrogen) atoms. The van der Waals surface area contributed by atoms with E-state index in [1.165, 1.54) is 4.31 Å². The van der Waals surface area contributed by atoms with E-state index >= 15 is 0 Å². The van der Waals surface area contributed by atoms with E-state index in [4.69, 9.17) is 0 Å². The minimum absolute atomic E-state index is 0.138. The molecular formula is C14H28N2O3S. The Labute approximate surface area is 123 Å². The smallest absolute Gasteiger partial charge is 0.239 e. The van der Waals surface area contributed by atoms with Crippen molar-refractivity contribution in [2.45, 2.75) is 53.0 Å². The van der Waals surface area contributed by atoms with Gasteiger partial charge in [0.05, 0.1) is 0 Å². The molecule has 5 nitrogen and oxygen atoms in total. The van der Waals surface area contributed by atoms with E-state index in [0.29, 0.717) is 25.6 Å². The fourth-order valence-corrected chi connectivity index (χ4v) is 4.27. The number of hydrogen-bond acceptors (Lipinski definition) is 3. The summed E-state index contributed by atoms with van der Waals surface area (Å²) in [6.07, 6.45) is 3.17. The highest BCUT2D eigenvalue weighted by molar-refractivity contribution is 7.89. The molecule has 6 heteroatoms. The van der Waals surface area contributed by atoms with E-state index in [2.05, 4.69) is 6.92 Å². The van der Waals surface area contributed by atoms with Gasteiger partial charge in [-0.15, -0.1) is 0 Å². The molecule has 0 aliphatic carbocycles. The summed E-state index contributed by atoms with van der Waals surface area (Å²) >= 11 is 0. The Morgan fingerprint density at radius 2 is 1.80 bits per heavy atom. The molecule has 1 amide bonds. The normalized spacial score (nSPS) is 24.8. The zero-order valence-electron chi connectivity index (χ0n) is 13.1. The zero-order chi connectivity index (χ0) is 15.3. The Balaban J connectivity index is 2.78. The average Bonchev–Trinajstić information content (AvgIpc) is 2.51. The molecule has 0 aromatic rings. The van der Waals surface area contributed by atoms with Gasteiger partial charge in [-0.3, -0.25) is 4.79 Å². The Morgan fingerprint density at radius 1 is 1.20 bits per heavy atom. The summed E-state index contributed by atoms with van der Waals surface area (Å²) in [6.45, 7) is 9.23. The van der Waals surface area contributed by atoms with Crippen molar-refractivity contribution in [3.63, 3.8) is 0 Å². The molecule has 0 spiro atoms. The van der Waals surface area contributed by atoms with E-state index in [1.54, 1.807) is 18.7 Å². The van der Waals surface area contributed by atoms with Crippen LogP contribution >= 0.6 is 0 Å². The monoisotopic (exact) mass is 304 g/mol. The van der Waals surface area contributed by atoms with Crippen LogP contribution in [0.15, 0.2) is 0 Å². The predicted molar refractivity (Wildman–Crippen MR) is 80.9 cm³/mol. The fraction of sp³-hybridized carbons (Fsp3) is 0.929. The minimum Gasteiger partial charge on any atom is -0.339 e. The standard InChI is InChI=1S/C14H28N2O3S/c1-5-15(6-2)20(18,19)11-14(17)16-10-12(3)8-7-9-13(16)4/h12-13H,5-11H2,1-4H3. The van der Waals surface area contributed by atoms with Crippen molar-refractivity contribution in [3.8, 4) is 0 Å². The van der Waals surface area contributed by atoms with Gasteiger partial charge in [0.1, 0.15) is 5.75 Å². The number of nitrogens with zero attached hydrogens (tertiary/aromatic N) is 2. The Kier molecular flexibility index (Phi) is 6.45. The molecule has 0 bridgehead atoms. The molecule has 2 atom stereocenters. The average molecular weight is 304 g/mol. The van der Waals surface area contributed by atoms with Crippen molar-refractivity contribution in [2.75, 3.05) is 25.4 Å². The third kappa shape index (κ3) is 4.45. The maximum Gasteiger partial charge on any atom is 0.239 e. The van der Waals surface area contributed by atoms with E-state index < -0.39 is 15.8 Å². The summed E-state index contributed by atoms with van der Waals surface area (Å²) in [5, 5.41) is 0. The predicted octanol–water partition coefficient (Wildman–Crippen LogP) is 1.70. The second-order valence-electron chi connectivity index (χ2n) is 5.77. The minimum atomic E-state index is -3.48. The van der Waals surface area contributed by atoms with Crippen LogP contribution in [-0.4, -0.2) is 55.0 Å². The number of hydrogen-bond donors (Lipinski definition) is 0. The number of sulfonamides is 1. The molecule has 0 radical (unpaired) electrons. The summed E-state index contributed by atoms with van der Waals surface area (Å²) < 4.78 is 25.8. The summed E-state index contributed by atoms with van der Waals surface area (Å²) in [4.78, 5) is 14.1. The SMILES string of the molecule is CCN(CC)S(=O)(=O)CC(=O)N1CC(C)CCCC1C. The number of rotatable bonds is 5. The molecule has 0 saturated carbocycles. The molecule has 1 aliphatic heterocycles. The van der Waals surface area contributed by atoms with Crippen LogP contribution in [0.25, 0.3) is 0 Å². The van der Waals surface area contributed by atoms with Gasteiger partial charge in [0.15, 0.2) is 0 Å². The van der Waals surface area contributed by atoms with Gasteiger partial charge in [-0.1, -0.05) is 27.2 Å². The number of carbonyl (C=O) groups is 1. The van der Waals surface area contributed by atoms with Crippen LogP contribution in [0.2, 0.25) is 0 Å². The summed E-state index contributed by atoms with van der Waals surface area (Å²) in [5.41, 5.74) is 0. The van der Waals surface area contributed by atoms with Gasteiger partial charge >= 0.3 is 0 Å². The summed E-state index contributed by atoms with van der Waals surface area (Å²) in [6, 6.07) is 0.138. The molecule has 1 saturated heterocycles. The van der Waals surface area contributed by atoms with Crippen molar-refractivity contribution in [2.24, 2.45) is 5.92 Å². The molecule has 1 fully saturated rings. The number of amides is 1. The Hall–Kier alpha value is -0.620. The maximum absolute atomic E-state index is 12.4. The van der Waals surface area contributed by atoms with Crippen molar-refractivity contribution < 1.29 is 13.2 Å². The van der Waals surface area contributed by atoms with E-state index in [9.17, 15) is 13.2 Å². The largest absolute Gasteiger partial charge is 0.339 e. The highest BCUT2D eigenvalue weighted by Crippen LogP contribution is 2.21. The molecule has 118 valence electrons. The van der Waals surface area contributed by atoms with Crippen LogP contribution in [0, 0.1) is 5.92 Å². The highest BCUT2D eigenvalue weighted by Gasteiger charge is 2.30. The molecule has 2 unspecified atom stereocenters. The second kappa shape index (κ2) is 7.41. The first-order chi connectivity index (χ1) is 9.31. The van der Waals surface area contributed by atoms with Crippen LogP contribution in [0.3, 0.4) is 0 Å². The summed E-state index contributed by atoms with van der Waals surface area (Å²) in [5.74, 6) is -0.204. The second-order valence-corrected chi connectivity index (χ2v) is 7.74. The maximum atomic E-state index is 12.4. The molecule has 1 heterocycles. The molecule has 0 aromatic heterocycles. The van der Waals surface area contributed by atoms with Gasteiger partial charge in [-0.05, 0) is 25.7 Å². The fourth-order valence-electron chi connectivity index (χ4n) is 2.82. The van der Waals surface area contributed by atoms with Gasteiger partial charge in [0.2, 0.25) is 15.9 Å². The van der Waals surface area contributed by atoms with Crippen LogP contribution in [-0.2, 0) is 14.8 Å². The first-order valence-corrected chi connectivity index (χ1v) is 9.20. The van der Waals surface area contributed by atoms with Crippen molar-refractivity contribution in [1.29, 1.82) is 0 Å². The van der Waals surface area contributed by atoms with Crippen LogP contribution < -0.4 is 0 Å². The summed E-state index contributed by atoms with van der Waals surface area (Å²) in [7, 11) is -3.48. The zero-order valence-corrected chi connectivity index (χ0v) is 13.9. The highest BCUT2D eigenvalue weighted by atomic mass is 32.2. The van der Waals surface area contributed by atoms with Gasteiger partial charge in [0.25, 0.3) is 0 Å². The van der Waals surface area contributed by atoms with Crippen LogP contribution in [0.1, 0.15) is 47.0 Å². The lowest BCUT2D eigenvalue weighted by molar-refractivity contribution is -0.130. The molecule has 0 aromatic carbocycles. The van der Waals surface area contributed by atoms with Gasteiger partial charge in [-0.25, -0.2) is 12.7 Å². The first-order valence-electron chi connectivity index (χ1n) is 7.59. The third-order valence-electron chi connectivity index (χ3n) is 4.08. The van der Waals surface area contributed by atoms with Crippen molar-refractivity contribution in [1.82, 2.24) is 9.21 Å². The lowest BCUT2D eigenvalue weighted by atomic mass is 10.1. The third-order valence-corrected chi connectivity index (χ3v) is 6.00. The van der Waals surface area contributed by atoms with Crippen LogP contribution in [0.4, 0.5) is 0 Å². The van der Waals surface area contributed by atoms with Crippen molar-refractivity contribution >= 4 is 15.9 Å². The topological polar surface area (TPSA) is 57.7 Å². The molecular weight excluding hydrogens is 276 g/mol. The quantitative estimate of drug-likeness (QED) is 0.777. The lowest BCUT2D eigenvalue weighted by Crippen LogP contribution is -2.45. The molecule has 1 aliphatic rings. The number of likely N-dealkylation sites (tertiary alicyclic amines) is 1. The van der Waals surface area contributed by atoms with Crippen LogP contribution in [0.5, 0.6) is 0 Å². The first kappa shape index (κ1) is 17.4. The van der Waals surface area contributed by atoms with Gasteiger partial charge in [-0.2, -0.15) is 0 Å². The molecule has 0 N–H and O–H groups in total. The number of carbonyl (C=O) groups excluding carboxylic acids is 1. The Morgan fingerprint density at radius 3 is 2.35 bits per heavy atom.